The van der Waals surface area contributed by atoms with E-state index in [4.69, 9.17) is 0 Å². The van der Waals surface area contributed by atoms with E-state index in [0.29, 0.717) is 17.5 Å². The van der Waals surface area contributed by atoms with Gasteiger partial charge in [-0.2, -0.15) is 8.78 Å². The van der Waals surface area contributed by atoms with Crippen LogP contribution in [-0.2, 0) is 13.0 Å². The van der Waals surface area contributed by atoms with Gasteiger partial charge in [0, 0.05) is 18.0 Å². The zero-order valence-electron chi connectivity index (χ0n) is 9.74. The summed E-state index contributed by atoms with van der Waals surface area (Å²) in [4.78, 5) is 11.8. The van der Waals surface area contributed by atoms with Crippen molar-refractivity contribution in [1.29, 1.82) is 0 Å². The van der Waals surface area contributed by atoms with E-state index >= 15 is 0 Å². The molecule has 3 nitrogen and oxygen atoms in total. The van der Waals surface area contributed by atoms with Crippen LogP contribution in [0.25, 0.3) is 10.9 Å². The summed E-state index contributed by atoms with van der Waals surface area (Å²) < 4.78 is 30.9. The molecule has 0 bridgehead atoms. The molecule has 3 rings (SSSR count). The molecule has 0 fully saturated rings. The lowest BCUT2D eigenvalue weighted by Gasteiger charge is -2.12. The fraction of sp³-hybridized carbons (Fsp3) is 0.308. The van der Waals surface area contributed by atoms with Gasteiger partial charge in [0.2, 0.25) is 0 Å². The molecular formula is C13H11F2NO2. The van der Waals surface area contributed by atoms with Crippen LogP contribution in [0.15, 0.2) is 23.0 Å². The first-order chi connectivity index (χ1) is 8.58. The molecule has 0 unspecified atom stereocenters. The molecular weight excluding hydrogens is 240 g/mol. The van der Waals surface area contributed by atoms with Crippen LogP contribution in [0, 0.1) is 6.92 Å². The molecule has 18 heavy (non-hydrogen) atoms. The molecule has 0 saturated heterocycles. The monoisotopic (exact) mass is 251 g/mol. The van der Waals surface area contributed by atoms with Crippen molar-refractivity contribution in [3.63, 3.8) is 0 Å². The van der Waals surface area contributed by atoms with Crippen LogP contribution in [0.3, 0.4) is 0 Å². The highest BCUT2D eigenvalue weighted by Crippen LogP contribution is 2.34. The summed E-state index contributed by atoms with van der Waals surface area (Å²) in [5.41, 5.74) is 2.32. The van der Waals surface area contributed by atoms with Crippen LogP contribution in [-0.4, -0.2) is 11.2 Å². The topological polar surface area (TPSA) is 31.2 Å². The Labute approximate surface area is 102 Å². The van der Waals surface area contributed by atoms with Gasteiger partial charge in [0.1, 0.15) is 5.75 Å². The van der Waals surface area contributed by atoms with Gasteiger partial charge in [-0.3, -0.25) is 4.79 Å². The minimum absolute atomic E-state index is 0.0899. The van der Waals surface area contributed by atoms with E-state index < -0.39 is 6.61 Å². The standard InChI is InChI=1S/C13H11F2NO2/c1-7-6-10(17)16-5-4-8-2-3-9(18-13(14)15)11(7)12(8)16/h2-3,6,13H,4-5H2,1H3. The van der Waals surface area contributed by atoms with Crippen molar-refractivity contribution < 1.29 is 13.5 Å². The van der Waals surface area contributed by atoms with Gasteiger partial charge < -0.3 is 9.30 Å². The minimum Gasteiger partial charge on any atom is -0.434 e. The van der Waals surface area contributed by atoms with Crippen LogP contribution in [0.4, 0.5) is 8.78 Å². The van der Waals surface area contributed by atoms with Crippen LogP contribution < -0.4 is 10.3 Å². The molecule has 0 spiro atoms. The number of aryl methyl sites for hydroxylation is 3. The number of aromatic nitrogens is 1. The molecule has 2 aromatic rings. The lowest BCUT2D eigenvalue weighted by Crippen LogP contribution is -2.17. The summed E-state index contributed by atoms with van der Waals surface area (Å²) in [5.74, 6) is 0.136. The van der Waals surface area contributed by atoms with Crippen LogP contribution in [0.2, 0.25) is 0 Å². The van der Waals surface area contributed by atoms with Crippen LogP contribution in [0.1, 0.15) is 11.1 Å². The van der Waals surface area contributed by atoms with Gasteiger partial charge in [-0.15, -0.1) is 0 Å². The maximum absolute atomic E-state index is 12.4. The maximum atomic E-state index is 12.4. The fourth-order valence-corrected chi connectivity index (χ4v) is 2.60. The summed E-state index contributed by atoms with van der Waals surface area (Å²) in [5, 5.41) is 0.616. The van der Waals surface area contributed by atoms with Gasteiger partial charge in [0.15, 0.2) is 0 Å². The number of halogens is 2. The highest BCUT2D eigenvalue weighted by atomic mass is 19.3. The molecule has 94 valence electrons. The number of hydrogen-bond donors (Lipinski definition) is 0. The van der Waals surface area contributed by atoms with Crippen molar-refractivity contribution in [3.8, 4) is 5.75 Å². The number of rotatable bonds is 2. The van der Waals surface area contributed by atoms with E-state index in [0.717, 1.165) is 17.5 Å². The van der Waals surface area contributed by atoms with E-state index in [1.165, 1.54) is 6.07 Å². The Morgan fingerprint density at radius 2 is 2.17 bits per heavy atom. The Bertz CT molecular complexity index is 691. The smallest absolute Gasteiger partial charge is 0.387 e. The first kappa shape index (κ1) is 11.2. The second-order valence-corrected chi connectivity index (χ2v) is 4.39. The Kier molecular flexibility index (Phi) is 2.36. The molecule has 2 heterocycles. The van der Waals surface area contributed by atoms with Gasteiger partial charge in [0.25, 0.3) is 5.56 Å². The van der Waals surface area contributed by atoms with E-state index in [1.807, 2.05) is 0 Å². The Morgan fingerprint density at radius 3 is 2.89 bits per heavy atom. The van der Waals surface area contributed by atoms with Crippen molar-refractivity contribution in [2.24, 2.45) is 0 Å². The van der Waals surface area contributed by atoms with Gasteiger partial charge in [0.05, 0.1) is 5.52 Å². The minimum atomic E-state index is -2.86. The van der Waals surface area contributed by atoms with Crippen molar-refractivity contribution in [3.05, 3.63) is 39.7 Å². The van der Waals surface area contributed by atoms with E-state index in [-0.39, 0.29) is 11.3 Å². The molecule has 1 aromatic carbocycles. The van der Waals surface area contributed by atoms with Gasteiger partial charge in [-0.1, -0.05) is 6.07 Å². The summed E-state index contributed by atoms with van der Waals surface area (Å²) in [6.07, 6.45) is 0.754. The van der Waals surface area contributed by atoms with Gasteiger partial charge in [-0.05, 0) is 30.5 Å². The second kappa shape index (κ2) is 3.80. The van der Waals surface area contributed by atoms with Gasteiger partial charge in [-0.25, -0.2) is 0 Å². The third-order valence-electron chi connectivity index (χ3n) is 3.31. The third-order valence-corrected chi connectivity index (χ3v) is 3.31. The van der Waals surface area contributed by atoms with Gasteiger partial charge >= 0.3 is 6.61 Å². The number of pyridine rings is 1. The summed E-state index contributed by atoms with van der Waals surface area (Å²) in [7, 11) is 0. The van der Waals surface area contributed by atoms with Crippen molar-refractivity contribution >= 4 is 10.9 Å². The molecule has 1 aliphatic rings. The average molecular weight is 251 g/mol. The quantitative estimate of drug-likeness (QED) is 0.821. The summed E-state index contributed by atoms with van der Waals surface area (Å²) >= 11 is 0. The highest BCUT2D eigenvalue weighted by molar-refractivity contribution is 5.92. The lowest BCUT2D eigenvalue weighted by molar-refractivity contribution is -0.0488. The Balaban J connectivity index is 2.39. The first-order valence-electron chi connectivity index (χ1n) is 5.69. The number of alkyl halides is 2. The first-order valence-corrected chi connectivity index (χ1v) is 5.69. The lowest BCUT2D eigenvalue weighted by atomic mass is 10.1. The van der Waals surface area contributed by atoms with Crippen molar-refractivity contribution in [1.82, 2.24) is 4.57 Å². The molecule has 1 aliphatic heterocycles. The Morgan fingerprint density at radius 1 is 1.39 bits per heavy atom. The van der Waals surface area contributed by atoms with E-state index in [1.54, 1.807) is 23.6 Å². The summed E-state index contributed by atoms with van der Waals surface area (Å²) in [6.45, 7) is -0.524. The third kappa shape index (κ3) is 1.50. The highest BCUT2D eigenvalue weighted by Gasteiger charge is 2.20. The molecule has 0 radical (unpaired) electrons. The predicted octanol–water partition coefficient (Wildman–Crippen LogP) is 2.47. The van der Waals surface area contributed by atoms with Crippen LogP contribution in [0.5, 0.6) is 5.75 Å². The fourth-order valence-electron chi connectivity index (χ4n) is 2.60. The number of nitrogens with zero attached hydrogens (tertiary/aromatic N) is 1. The maximum Gasteiger partial charge on any atom is 0.387 e. The second-order valence-electron chi connectivity index (χ2n) is 4.39. The molecule has 0 atom stereocenters. The number of ether oxygens (including phenoxy) is 1. The van der Waals surface area contributed by atoms with E-state index in [2.05, 4.69) is 4.74 Å². The van der Waals surface area contributed by atoms with Crippen LogP contribution >= 0.6 is 0 Å². The SMILES string of the molecule is Cc1cc(=O)n2c3c(ccc(OC(F)F)c13)CC2. The normalized spacial score (nSPS) is 13.6. The predicted molar refractivity (Wildman–Crippen MR) is 63.3 cm³/mol. The molecule has 0 amide bonds. The molecule has 0 N–H and O–H groups in total. The molecule has 0 saturated carbocycles. The Hall–Kier alpha value is -1.91. The average Bonchev–Trinajstić information content (AvgIpc) is 2.70. The molecule has 1 aromatic heterocycles. The zero-order chi connectivity index (χ0) is 12.9. The van der Waals surface area contributed by atoms with E-state index in [9.17, 15) is 13.6 Å². The largest absolute Gasteiger partial charge is 0.434 e. The summed E-state index contributed by atoms with van der Waals surface area (Å²) in [6, 6.07) is 4.77. The number of benzene rings is 1. The molecule has 5 heteroatoms. The van der Waals surface area contributed by atoms with Crippen molar-refractivity contribution in [2.75, 3.05) is 0 Å². The zero-order valence-corrected chi connectivity index (χ0v) is 9.74. The van der Waals surface area contributed by atoms with Crippen molar-refractivity contribution in [2.45, 2.75) is 26.5 Å². The number of hydrogen-bond acceptors (Lipinski definition) is 2. The molecule has 0 aliphatic carbocycles.